The Kier molecular flexibility index (Phi) is 5.69. The topological polar surface area (TPSA) is 68.7 Å². The van der Waals surface area contributed by atoms with Crippen LogP contribution in [0.2, 0.25) is 0 Å². The number of hydrogen-bond donors (Lipinski definition) is 0. The highest BCUT2D eigenvalue weighted by atomic mass is 16.6. The maximum absolute atomic E-state index is 12.0. The number of anilines is 1. The summed E-state index contributed by atoms with van der Waals surface area (Å²) in [6.07, 6.45) is 0.511. The number of rotatable bonds is 4. The Balaban J connectivity index is 2.79. The highest BCUT2D eigenvalue weighted by Gasteiger charge is 2.21. The van der Waals surface area contributed by atoms with Crippen LogP contribution >= 0.6 is 0 Å². The van der Waals surface area contributed by atoms with Crippen LogP contribution in [-0.2, 0) is 9.53 Å². The van der Waals surface area contributed by atoms with Gasteiger partial charge in [0.2, 0.25) is 5.88 Å². The van der Waals surface area contributed by atoms with Gasteiger partial charge in [0.15, 0.2) is 0 Å². The lowest BCUT2D eigenvalue weighted by molar-refractivity contribution is -0.134. The minimum Gasteiger partial charge on any atom is -0.443 e. The number of esters is 1. The fourth-order valence-corrected chi connectivity index (χ4v) is 1.44. The average molecular weight is 294 g/mol. The molecule has 0 atom stereocenters. The van der Waals surface area contributed by atoms with Gasteiger partial charge in [-0.2, -0.15) is 4.98 Å². The molecule has 6 nitrogen and oxygen atoms in total. The van der Waals surface area contributed by atoms with Gasteiger partial charge in [-0.05, 0) is 33.3 Å². The molecule has 1 aromatic rings. The van der Waals surface area contributed by atoms with Gasteiger partial charge in [0.1, 0.15) is 11.4 Å². The van der Waals surface area contributed by atoms with Gasteiger partial charge in [0, 0.05) is 19.5 Å². The quantitative estimate of drug-likeness (QED) is 0.798. The third-order valence-electron chi connectivity index (χ3n) is 2.39. The van der Waals surface area contributed by atoms with Crippen LogP contribution in [0.5, 0.6) is 5.88 Å². The van der Waals surface area contributed by atoms with Crippen molar-refractivity contribution in [2.75, 3.05) is 11.9 Å². The summed E-state index contributed by atoms with van der Waals surface area (Å²) in [6.45, 7) is 7.25. The van der Waals surface area contributed by atoms with Crippen LogP contribution in [0.25, 0.3) is 0 Å². The normalized spacial score (nSPS) is 10.9. The molecule has 0 spiro atoms. The molecule has 0 bridgehead atoms. The number of ether oxygens (including phenoxy) is 2. The van der Waals surface area contributed by atoms with E-state index < -0.39 is 11.7 Å². The minimum atomic E-state index is -0.587. The van der Waals surface area contributed by atoms with E-state index in [-0.39, 0.29) is 11.8 Å². The first-order chi connectivity index (χ1) is 9.73. The number of hydrogen-bond acceptors (Lipinski definition) is 5. The van der Waals surface area contributed by atoms with Crippen LogP contribution in [-0.4, -0.2) is 29.7 Å². The molecule has 0 radical (unpaired) electrons. The van der Waals surface area contributed by atoms with Crippen molar-refractivity contribution in [2.24, 2.45) is 0 Å². The molecule has 6 heteroatoms. The van der Waals surface area contributed by atoms with E-state index in [1.165, 1.54) is 4.90 Å². The molecule has 0 aliphatic carbocycles. The Hall–Kier alpha value is -2.11. The second kappa shape index (κ2) is 7.06. The first-order valence-corrected chi connectivity index (χ1v) is 6.87. The number of pyridine rings is 1. The van der Waals surface area contributed by atoms with E-state index >= 15 is 0 Å². The zero-order valence-electron chi connectivity index (χ0n) is 13.2. The Morgan fingerprint density at radius 3 is 2.52 bits per heavy atom. The lowest BCUT2D eigenvalue weighted by atomic mass is 10.2. The summed E-state index contributed by atoms with van der Waals surface area (Å²) in [6, 6.07) is 4.87. The molecule has 0 saturated heterocycles. The Morgan fingerprint density at radius 2 is 1.95 bits per heavy atom. The lowest BCUT2D eigenvalue weighted by Gasteiger charge is -2.24. The molecule has 0 N–H and O–H groups in total. The standard InChI is InChI=1S/C15H22N2O4/c1-6-8-13(18)20-12-10-7-9-11(16-12)17(5)14(19)21-15(2,3)4/h7,9-10H,6,8H2,1-5H3. The van der Waals surface area contributed by atoms with Gasteiger partial charge >= 0.3 is 12.1 Å². The SMILES string of the molecule is CCCC(=O)Oc1cccc(N(C)C(=O)OC(C)(C)C)n1. The van der Waals surface area contributed by atoms with E-state index in [9.17, 15) is 9.59 Å². The lowest BCUT2D eigenvalue weighted by Crippen LogP contribution is -2.34. The molecule has 1 rings (SSSR count). The zero-order chi connectivity index (χ0) is 16.0. The number of amides is 1. The summed E-state index contributed by atoms with van der Waals surface area (Å²) < 4.78 is 10.4. The van der Waals surface area contributed by atoms with E-state index in [2.05, 4.69) is 4.98 Å². The van der Waals surface area contributed by atoms with Crippen LogP contribution in [0.1, 0.15) is 40.5 Å². The van der Waals surface area contributed by atoms with Gasteiger partial charge in [0.05, 0.1) is 0 Å². The summed E-state index contributed by atoms with van der Waals surface area (Å²) in [5.41, 5.74) is -0.587. The van der Waals surface area contributed by atoms with Crippen molar-refractivity contribution in [3.05, 3.63) is 18.2 Å². The summed E-state index contributed by atoms with van der Waals surface area (Å²) in [7, 11) is 1.55. The number of carbonyl (C=O) groups excluding carboxylic acids is 2. The van der Waals surface area contributed by atoms with Gasteiger partial charge in [-0.1, -0.05) is 13.0 Å². The smallest absolute Gasteiger partial charge is 0.415 e. The number of carbonyl (C=O) groups is 2. The molecule has 0 aromatic carbocycles. The van der Waals surface area contributed by atoms with Gasteiger partial charge < -0.3 is 9.47 Å². The Morgan fingerprint density at radius 1 is 1.29 bits per heavy atom. The van der Waals surface area contributed by atoms with Crippen LogP contribution in [0.15, 0.2) is 18.2 Å². The molecule has 116 valence electrons. The summed E-state index contributed by atoms with van der Waals surface area (Å²) in [5.74, 6) is 0.175. The maximum atomic E-state index is 12.0. The largest absolute Gasteiger partial charge is 0.443 e. The number of nitrogens with zero attached hydrogens (tertiary/aromatic N) is 2. The maximum Gasteiger partial charge on any atom is 0.415 e. The third kappa shape index (κ3) is 5.81. The molecule has 0 fully saturated rings. The average Bonchev–Trinajstić information content (AvgIpc) is 2.36. The molecule has 21 heavy (non-hydrogen) atoms. The van der Waals surface area contributed by atoms with E-state index in [0.29, 0.717) is 18.7 Å². The fraction of sp³-hybridized carbons (Fsp3) is 0.533. The summed E-state index contributed by atoms with van der Waals surface area (Å²) in [4.78, 5) is 28.8. The highest BCUT2D eigenvalue weighted by molar-refractivity contribution is 5.86. The van der Waals surface area contributed by atoms with E-state index in [1.54, 1.807) is 46.0 Å². The van der Waals surface area contributed by atoms with Gasteiger partial charge in [-0.15, -0.1) is 0 Å². The van der Waals surface area contributed by atoms with Crippen molar-refractivity contribution >= 4 is 17.9 Å². The van der Waals surface area contributed by atoms with Crippen LogP contribution in [0.4, 0.5) is 10.6 Å². The van der Waals surface area contributed by atoms with Crippen molar-refractivity contribution in [1.82, 2.24) is 4.98 Å². The second-order valence-corrected chi connectivity index (χ2v) is 5.60. The van der Waals surface area contributed by atoms with Crippen molar-refractivity contribution in [2.45, 2.75) is 46.1 Å². The molecule has 0 aliphatic heterocycles. The van der Waals surface area contributed by atoms with Gasteiger partial charge in [0.25, 0.3) is 0 Å². The number of aromatic nitrogens is 1. The van der Waals surface area contributed by atoms with Crippen LogP contribution in [0.3, 0.4) is 0 Å². The Bertz CT molecular complexity index is 509. The van der Waals surface area contributed by atoms with E-state index in [4.69, 9.17) is 9.47 Å². The highest BCUT2D eigenvalue weighted by Crippen LogP contribution is 2.18. The molecule has 1 aromatic heterocycles. The molecule has 0 saturated carbocycles. The zero-order valence-corrected chi connectivity index (χ0v) is 13.2. The predicted octanol–water partition coefficient (Wildman–Crippen LogP) is 3.16. The van der Waals surface area contributed by atoms with Crippen LogP contribution < -0.4 is 9.64 Å². The monoisotopic (exact) mass is 294 g/mol. The molecule has 0 unspecified atom stereocenters. The predicted molar refractivity (Wildman–Crippen MR) is 79.4 cm³/mol. The van der Waals surface area contributed by atoms with Crippen LogP contribution in [0, 0.1) is 0 Å². The third-order valence-corrected chi connectivity index (χ3v) is 2.39. The molecule has 0 aliphatic rings. The van der Waals surface area contributed by atoms with Crippen molar-refractivity contribution in [3.63, 3.8) is 0 Å². The molecular formula is C15H22N2O4. The molecular weight excluding hydrogens is 272 g/mol. The van der Waals surface area contributed by atoms with E-state index in [1.807, 2.05) is 6.92 Å². The molecule has 1 heterocycles. The second-order valence-electron chi connectivity index (χ2n) is 5.60. The van der Waals surface area contributed by atoms with Crippen molar-refractivity contribution in [3.8, 4) is 5.88 Å². The molecule has 1 amide bonds. The van der Waals surface area contributed by atoms with Gasteiger partial charge in [-0.25, -0.2) is 4.79 Å². The summed E-state index contributed by atoms with van der Waals surface area (Å²) in [5, 5.41) is 0. The minimum absolute atomic E-state index is 0.168. The van der Waals surface area contributed by atoms with E-state index in [0.717, 1.165) is 0 Å². The van der Waals surface area contributed by atoms with Gasteiger partial charge in [-0.3, -0.25) is 9.69 Å². The first-order valence-electron chi connectivity index (χ1n) is 6.87. The summed E-state index contributed by atoms with van der Waals surface area (Å²) >= 11 is 0. The first kappa shape index (κ1) is 16.9. The van der Waals surface area contributed by atoms with Crippen molar-refractivity contribution < 1.29 is 19.1 Å². The van der Waals surface area contributed by atoms with Crippen molar-refractivity contribution in [1.29, 1.82) is 0 Å². The Labute approximate surface area is 125 Å². The fourth-order valence-electron chi connectivity index (χ4n) is 1.44.